The number of fused-ring (bicyclic) bond motifs is 1. The molecule has 2 atom stereocenters. The molecule has 4 heteroatoms. The molecule has 1 amide bonds. The molecule has 2 rings (SSSR count). The summed E-state index contributed by atoms with van der Waals surface area (Å²) in [5.74, 6) is 0.657. The van der Waals surface area contributed by atoms with E-state index in [1.54, 1.807) is 0 Å². The van der Waals surface area contributed by atoms with Gasteiger partial charge in [-0.3, -0.25) is 0 Å². The van der Waals surface area contributed by atoms with Crippen molar-refractivity contribution < 1.29 is 9.53 Å². The molecule has 2 aliphatic heterocycles. The number of nitrogens with one attached hydrogen (secondary N) is 1. The summed E-state index contributed by atoms with van der Waals surface area (Å²) in [6.07, 6.45) is 1.04. The van der Waals surface area contributed by atoms with Gasteiger partial charge in [-0.05, 0) is 25.8 Å². The van der Waals surface area contributed by atoms with Gasteiger partial charge in [0.15, 0.2) is 0 Å². The summed E-state index contributed by atoms with van der Waals surface area (Å²) in [5, 5.41) is 3.40. The number of ether oxygens (including phenoxy) is 1. The fraction of sp³-hybridized carbons (Fsp3) is 0.889. The van der Waals surface area contributed by atoms with Crippen molar-refractivity contribution in [2.45, 2.75) is 19.4 Å². The number of carbonyl (C=O) groups is 1. The van der Waals surface area contributed by atoms with Crippen LogP contribution in [0.3, 0.4) is 0 Å². The quantitative estimate of drug-likeness (QED) is 0.643. The molecule has 0 aliphatic carbocycles. The third-order valence-corrected chi connectivity index (χ3v) is 2.89. The van der Waals surface area contributed by atoms with E-state index in [1.165, 1.54) is 6.42 Å². The van der Waals surface area contributed by atoms with Gasteiger partial charge in [-0.25, -0.2) is 4.79 Å². The maximum Gasteiger partial charge on any atom is 0.409 e. The molecule has 2 saturated heterocycles. The molecule has 2 fully saturated rings. The lowest BCUT2D eigenvalue weighted by Gasteiger charge is -2.16. The van der Waals surface area contributed by atoms with E-state index < -0.39 is 0 Å². The van der Waals surface area contributed by atoms with E-state index in [4.69, 9.17) is 4.74 Å². The Hall–Kier alpha value is -0.770. The van der Waals surface area contributed by atoms with E-state index in [0.29, 0.717) is 18.6 Å². The standard InChI is InChI=1S/C9H16N2O2/c1-2-13-9(12)11-5-7-3-4-10-8(7)6-11/h7-8,10H,2-6H2,1H3. The smallest absolute Gasteiger partial charge is 0.409 e. The predicted octanol–water partition coefficient (Wildman–Crippen LogP) is 0.437. The normalized spacial score (nSPS) is 31.9. The Kier molecular flexibility index (Phi) is 2.40. The van der Waals surface area contributed by atoms with E-state index >= 15 is 0 Å². The van der Waals surface area contributed by atoms with Crippen molar-refractivity contribution in [1.82, 2.24) is 10.2 Å². The average molecular weight is 184 g/mol. The van der Waals surface area contributed by atoms with Crippen LogP contribution in [0.5, 0.6) is 0 Å². The Morgan fingerprint density at radius 2 is 2.46 bits per heavy atom. The molecule has 1 N–H and O–H groups in total. The summed E-state index contributed by atoms with van der Waals surface area (Å²) >= 11 is 0. The summed E-state index contributed by atoms with van der Waals surface area (Å²) in [6.45, 7) is 5.11. The van der Waals surface area contributed by atoms with Crippen LogP contribution in [-0.4, -0.2) is 43.3 Å². The Labute approximate surface area is 78.2 Å². The van der Waals surface area contributed by atoms with Crippen molar-refractivity contribution in [1.29, 1.82) is 0 Å². The minimum atomic E-state index is -0.154. The van der Waals surface area contributed by atoms with Crippen LogP contribution in [0, 0.1) is 5.92 Å². The van der Waals surface area contributed by atoms with Crippen LogP contribution in [-0.2, 0) is 4.74 Å². The van der Waals surface area contributed by atoms with Gasteiger partial charge in [-0.2, -0.15) is 0 Å². The third kappa shape index (κ3) is 1.63. The summed E-state index contributed by atoms with van der Waals surface area (Å²) in [7, 11) is 0. The van der Waals surface area contributed by atoms with Crippen LogP contribution in [0.15, 0.2) is 0 Å². The van der Waals surface area contributed by atoms with Crippen LogP contribution in [0.25, 0.3) is 0 Å². The lowest BCUT2D eigenvalue weighted by molar-refractivity contribution is 0.113. The summed E-state index contributed by atoms with van der Waals surface area (Å²) in [6, 6.07) is 0.518. The number of nitrogens with zero attached hydrogens (tertiary/aromatic N) is 1. The molecule has 0 saturated carbocycles. The SMILES string of the molecule is CCOC(=O)N1CC2CCNC2C1. The first kappa shape index (κ1) is 8.81. The van der Waals surface area contributed by atoms with Gasteiger partial charge < -0.3 is 15.0 Å². The van der Waals surface area contributed by atoms with E-state index in [2.05, 4.69) is 5.32 Å². The van der Waals surface area contributed by atoms with Gasteiger partial charge in [-0.1, -0.05) is 0 Å². The zero-order chi connectivity index (χ0) is 9.26. The Balaban J connectivity index is 1.87. The Morgan fingerprint density at radius 1 is 1.62 bits per heavy atom. The number of likely N-dealkylation sites (tertiary alicyclic amines) is 1. The second kappa shape index (κ2) is 3.54. The van der Waals surface area contributed by atoms with Gasteiger partial charge in [0.1, 0.15) is 0 Å². The van der Waals surface area contributed by atoms with Gasteiger partial charge >= 0.3 is 6.09 Å². The van der Waals surface area contributed by atoms with Crippen molar-refractivity contribution in [3.05, 3.63) is 0 Å². The highest BCUT2D eigenvalue weighted by Crippen LogP contribution is 2.24. The lowest BCUT2D eigenvalue weighted by atomic mass is 10.1. The van der Waals surface area contributed by atoms with Gasteiger partial charge in [0.05, 0.1) is 6.61 Å². The number of hydrogen-bond donors (Lipinski definition) is 1. The summed E-state index contributed by atoms with van der Waals surface area (Å²) < 4.78 is 4.95. The second-order valence-electron chi connectivity index (χ2n) is 3.71. The van der Waals surface area contributed by atoms with E-state index in [9.17, 15) is 4.79 Å². The minimum Gasteiger partial charge on any atom is -0.450 e. The minimum absolute atomic E-state index is 0.154. The first-order chi connectivity index (χ1) is 6.31. The van der Waals surface area contributed by atoms with E-state index in [1.807, 2.05) is 11.8 Å². The molecule has 0 spiro atoms. The molecular weight excluding hydrogens is 168 g/mol. The molecule has 2 unspecified atom stereocenters. The largest absolute Gasteiger partial charge is 0.450 e. The highest BCUT2D eigenvalue weighted by molar-refractivity contribution is 5.68. The fourth-order valence-electron chi connectivity index (χ4n) is 2.21. The summed E-state index contributed by atoms with van der Waals surface area (Å²) in [5.41, 5.74) is 0. The van der Waals surface area contributed by atoms with Crippen molar-refractivity contribution in [3.8, 4) is 0 Å². The molecule has 13 heavy (non-hydrogen) atoms. The molecule has 2 aliphatic rings. The molecule has 0 aromatic heterocycles. The molecule has 74 valence electrons. The number of amides is 1. The predicted molar refractivity (Wildman–Crippen MR) is 48.5 cm³/mol. The molecular formula is C9H16N2O2. The highest BCUT2D eigenvalue weighted by atomic mass is 16.6. The zero-order valence-corrected chi connectivity index (χ0v) is 7.95. The van der Waals surface area contributed by atoms with Gasteiger partial charge in [0.25, 0.3) is 0 Å². The monoisotopic (exact) mass is 184 g/mol. The van der Waals surface area contributed by atoms with Crippen molar-refractivity contribution in [3.63, 3.8) is 0 Å². The maximum atomic E-state index is 11.4. The average Bonchev–Trinajstić information content (AvgIpc) is 2.61. The van der Waals surface area contributed by atoms with Crippen LogP contribution in [0.2, 0.25) is 0 Å². The third-order valence-electron chi connectivity index (χ3n) is 2.89. The Morgan fingerprint density at radius 3 is 3.15 bits per heavy atom. The topological polar surface area (TPSA) is 41.6 Å². The first-order valence-corrected chi connectivity index (χ1v) is 4.96. The fourth-order valence-corrected chi connectivity index (χ4v) is 2.21. The lowest BCUT2D eigenvalue weighted by Crippen LogP contribution is -2.34. The molecule has 2 heterocycles. The van der Waals surface area contributed by atoms with Crippen LogP contribution < -0.4 is 5.32 Å². The molecule has 0 aromatic carbocycles. The van der Waals surface area contributed by atoms with Crippen LogP contribution in [0.1, 0.15) is 13.3 Å². The first-order valence-electron chi connectivity index (χ1n) is 4.96. The maximum absolute atomic E-state index is 11.4. The highest BCUT2D eigenvalue weighted by Gasteiger charge is 2.38. The van der Waals surface area contributed by atoms with E-state index in [-0.39, 0.29) is 6.09 Å². The van der Waals surface area contributed by atoms with Gasteiger partial charge in [0.2, 0.25) is 0 Å². The molecule has 0 aromatic rings. The van der Waals surface area contributed by atoms with Gasteiger partial charge in [-0.15, -0.1) is 0 Å². The van der Waals surface area contributed by atoms with Crippen molar-refractivity contribution in [2.75, 3.05) is 26.2 Å². The van der Waals surface area contributed by atoms with Crippen molar-refractivity contribution >= 4 is 6.09 Å². The zero-order valence-electron chi connectivity index (χ0n) is 7.95. The number of carbonyl (C=O) groups excluding carboxylic acids is 1. The molecule has 4 nitrogen and oxygen atoms in total. The Bertz CT molecular complexity index is 196. The molecule has 0 bridgehead atoms. The van der Waals surface area contributed by atoms with Crippen LogP contribution >= 0.6 is 0 Å². The number of hydrogen-bond acceptors (Lipinski definition) is 3. The van der Waals surface area contributed by atoms with Crippen molar-refractivity contribution in [2.24, 2.45) is 5.92 Å². The number of rotatable bonds is 1. The summed E-state index contributed by atoms with van der Waals surface area (Å²) in [4.78, 5) is 13.2. The van der Waals surface area contributed by atoms with Crippen LogP contribution in [0.4, 0.5) is 4.79 Å². The van der Waals surface area contributed by atoms with Gasteiger partial charge in [0, 0.05) is 19.1 Å². The van der Waals surface area contributed by atoms with E-state index in [0.717, 1.165) is 19.6 Å². The molecule has 0 radical (unpaired) electrons. The second-order valence-corrected chi connectivity index (χ2v) is 3.71.